The van der Waals surface area contributed by atoms with E-state index in [4.69, 9.17) is 0 Å². The average molecular weight is 349 g/mol. The molecule has 3 fully saturated rings. The Balaban J connectivity index is 1.64. The number of hydrogen-bond acceptors (Lipinski definition) is 2. The second-order valence-electron chi connectivity index (χ2n) is 8.92. The molecule has 25 heavy (non-hydrogen) atoms. The Morgan fingerprint density at radius 2 is 1.20 bits per heavy atom. The fourth-order valence-corrected chi connectivity index (χ4v) is 5.32. The summed E-state index contributed by atoms with van der Waals surface area (Å²) in [5, 5.41) is 0. The number of carbonyl (C=O) groups is 2. The Morgan fingerprint density at radius 1 is 0.760 bits per heavy atom. The molecule has 1 aliphatic carbocycles. The van der Waals surface area contributed by atoms with Gasteiger partial charge in [-0.2, -0.15) is 0 Å². The molecule has 1 saturated carbocycles. The van der Waals surface area contributed by atoms with Gasteiger partial charge in [-0.3, -0.25) is 9.59 Å². The van der Waals surface area contributed by atoms with Crippen molar-refractivity contribution in [3.8, 4) is 0 Å². The molecule has 2 amide bonds. The summed E-state index contributed by atoms with van der Waals surface area (Å²) in [5.41, 5.74) is -0.0670. The van der Waals surface area contributed by atoms with Gasteiger partial charge in [0.25, 0.3) is 0 Å². The van der Waals surface area contributed by atoms with Crippen molar-refractivity contribution in [3.63, 3.8) is 0 Å². The molecule has 142 valence electrons. The normalized spacial score (nSPS) is 29.7. The molecule has 2 atom stereocenters. The largest absolute Gasteiger partial charge is 0.340 e. The van der Waals surface area contributed by atoms with Crippen LogP contribution in [-0.4, -0.2) is 46.8 Å². The van der Waals surface area contributed by atoms with E-state index in [0.29, 0.717) is 36.7 Å². The molecule has 3 aliphatic rings. The Morgan fingerprint density at radius 3 is 1.60 bits per heavy atom. The van der Waals surface area contributed by atoms with Crippen molar-refractivity contribution in [1.82, 2.24) is 9.80 Å². The van der Waals surface area contributed by atoms with Gasteiger partial charge in [0.15, 0.2) is 0 Å². The minimum atomic E-state index is -0.0670. The summed E-state index contributed by atoms with van der Waals surface area (Å²) >= 11 is 0. The molecule has 3 rings (SSSR count). The zero-order valence-corrected chi connectivity index (χ0v) is 16.3. The molecule has 0 aromatic rings. The molecular weight excluding hydrogens is 312 g/mol. The summed E-state index contributed by atoms with van der Waals surface area (Å²) in [6.45, 7) is 6.18. The smallest absolute Gasteiger partial charge is 0.223 e. The molecular formula is C21H36N2O2. The van der Waals surface area contributed by atoms with E-state index in [1.165, 1.54) is 25.7 Å². The third-order valence-electron chi connectivity index (χ3n) is 6.96. The highest BCUT2D eigenvalue weighted by Crippen LogP contribution is 2.45. The molecule has 0 radical (unpaired) electrons. The van der Waals surface area contributed by atoms with E-state index in [1.807, 2.05) is 0 Å². The summed E-state index contributed by atoms with van der Waals surface area (Å²) in [6.07, 6.45) is 12.6. The van der Waals surface area contributed by atoms with Gasteiger partial charge in [-0.25, -0.2) is 0 Å². The lowest BCUT2D eigenvalue weighted by atomic mass is 9.78. The summed E-state index contributed by atoms with van der Waals surface area (Å²) in [5.74, 6) is 0.599. The third kappa shape index (κ3) is 4.38. The second-order valence-corrected chi connectivity index (χ2v) is 8.92. The summed E-state index contributed by atoms with van der Waals surface area (Å²) in [4.78, 5) is 30.2. The lowest BCUT2D eigenvalue weighted by Gasteiger charge is -2.39. The topological polar surface area (TPSA) is 40.6 Å². The number of piperidine rings is 2. The van der Waals surface area contributed by atoms with Crippen molar-refractivity contribution in [2.75, 3.05) is 13.1 Å². The molecule has 0 N–H and O–H groups in total. The van der Waals surface area contributed by atoms with E-state index >= 15 is 0 Å². The maximum absolute atomic E-state index is 13.0. The summed E-state index contributed by atoms with van der Waals surface area (Å²) in [6, 6.07) is 0.745. The Hall–Kier alpha value is -1.06. The first-order valence-electron chi connectivity index (χ1n) is 10.6. The highest BCUT2D eigenvalue weighted by atomic mass is 16.2. The van der Waals surface area contributed by atoms with Gasteiger partial charge in [-0.05, 0) is 70.6 Å². The number of hydrogen-bond donors (Lipinski definition) is 0. The molecule has 0 unspecified atom stereocenters. The van der Waals surface area contributed by atoms with Crippen LogP contribution in [0.5, 0.6) is 0 Å². The first kappa shape index (κ1) is 18.7. The molecule has 2 saturated heterocycles. The fraction of sp³-hybridized carbons (Fsp3) is 0.905. The second kappa shape index (κ2) is 8.09. The fourth-order valence-electron chi connectivity index (χ4n) is 5.32. The van der Waals surface area contributed by atoms with Crippen LogP contribution >= 0.6 is 0 Å². The Bertz CT molecular complexity index is 446. The van der Waals surface area contributed by atoms with E-state index in [2.05, 4.69) is 23.6 Å². The minimum absolute atomic E-state index is 0.0670. The van der Waals surface area contributed by atoms with E-state index < -0.39 is 0 Å². The van der Waals surface area contributed by atoms with Gasteiger partial charge in [0.2, 0.25) is 11.8 Å². The van der Waals surface area contributed by atoms with Crippen LogP contribution in [-0.2, 0) is 9.59 Å². The van der Waals surface area contributed by atoms with Gasteiger partial charge < -0.3 is 9.80 Å². The van der Waals surface area contributed by atoms with Gasteiger partial charge in [0.05, 0.1) is 0 Å². The average Bonchev–Trinajstić information content (AvgIpc) is 3.03. The summed E-state index contributed by atoms with van der Waals surface area (Å²) in [7, 11) is 0. The Labute approximate surface area is 153 Å². The SMILES string of the molecule is C[C@@H]1CCCCN1C(=O)CC1(CC(=O)N2CCCC[C@@H]2C)CCCC1. The quantitative estimate of drug-likeness (QED) is 0.766. The van der Waals surface area contributed by atoms with Crippen LogP contribution in [0.25, 0.3) is 0 Å². The zero-order chi connectivity index (χ0) is 17.9. The molecule has 0 bridgehead atoms. The van der Waals surface area contributed by atoms with Crippen LogP contribution in [0.1, 0.15) is 90.9 Å². The highest BCUT2D eigenvalue weighted by Gasteiger charge is 2.41. The maximum Gasteiger partial charge on any atom is 0.223 e. The summed E-state index contributed by atoms with van der Waals surface area (Å²) < 4.78 is 0. The highest BCUT2D eigenvalue weighted by molar-refractivity contribution is 5.81. The van der Waals surface area contributed by atoms with Gasteiger partial charge in [-0.15, -0.1) is 0 Å². The first-order valence-corrected chi connectivity index (χ1v) is 10.6. The number of nitrogens with zero attached hydrogens (tertiary/aromatic N) is 2. The van der Waals surface area contributed by atoms with Gasteiger partial charge in [-0.1, -0.05) is 12.8 Å². The van der Waals surface area contributed by atoms with Crippen LogP contribution in [0.15, 0.2) is 0 Å². The molecule has 0 aromatic heterocycles. The van der Waals surface area contributed by atoms with Gasteiger partial charge in [0.1, 0.15) is 0 Å². The molecule has 2 aliphatic heterocycles. The van der Waals surface area contributed by atoms with E-state index in [-0.39, 0.29) is 5.41 Å². The number of amides is 2. The lowest BCUT2D eigenvalue weighted by molar-refractivity contribution is -0.140. The predicted molar refractivity (Wildman–Crippen MR) is 100 cm³/mol. The third-order valence-corrected chi connectivity index (χ3v) is 6.96. The van der Waals surface area contributed by atoms with Crippen molar-refractivity contribution < 1.29 is 9.59 Å². The van der Waals surface area contributed by atoms with Crippen LogP contribution in [0.4, 0.5) is 0 Å². The van der Waals surface area contributed by atoms with Crippen molar-refractivity contribution in [3.05, 3.63) is 0 Å². The molecule has 4 heteroatoms. The predicted octanol–water partition coefficient (Wildman–Crippen LogP) is 4.13. The number of likely N-dealkylation sites (tertiary alicyclic amines) is 2. The van der Waals surface area contributed by atoms with Crippen LogP contribution < -0.4 is 0 Å². The lowest BCUT2D eigenvalue weighted by Crippen LogP contribution is -2.46. The van der Waals surface area contributed by atoms with Crippen molar-refractivity contribution >= 4 is 11.8 Å². The van der Waals surface area contributed by atoms with Gasteiger partial charge >= 0.3 is 0 Å². The first-order chi connectivity index (χ1) is 12.0. The molecule has 2 heterocycles. The standard InChI is InChI=1S/C21H36N2O2/c1-17-9-3-7-13-22(17)19(24)15-21(11-5-6-12-21)16-20(25)23-14-8-4-10-18(23)2/h17-18H,3-16H2,1-2H3/t17-,18+. The van der Waals surface area contributed by atoms with Crippen molar-refractivity contribution in [2.45, 2.75) is 103 Å². The van der Waals surface area contributed by atoms with Crippen molar-refractivity contribution in [1.29, 1.82) is 0 Å². The number of rotatable bonds is 4. The monoisotopic (exact) mass is 348 g/mol. The zero-order valence-electron chi connectivity index (χ0n) is 16.3. The van der Waals surface area contributed by atoms with Crippen LogP contribution in [0.3, 0.4) is 0 Å². The van der Waals surface area contributed by atoms with E-state index in [9.17, 15) is 9.59 Å². The van der Waals surface area contributed by atoms with Crippen LogP contribution in [0.2, 0.25) is 0 Å². The molecule has 0 spiro atoms. The van der Waals surface area contributed by atoms with E-state index in [1.54, 1.807) is 0 Å². The maximum atomic E-state index is 13.0. The Kier molecular flexibility index (Phi) is 6.06. The molecule has 0 aromatic carbocycles. The van der Waals surface area contributed by atoms with Gasteiger partial charge in [0, 0.05) is 38.0 Å². The number of carbonyl (C=O) groups excluding carboxylic acids is 2. The van der Waals surface area contributed by atoms with E-state index in [0.717, 1.165) is 51.6 Å². The van der Waals surface area contributed by atoms with Crippen molar-refractivity contribution in [2.24, 2.45) is 5.41 Å². The minimum Gasteiger partial charge on any atom is -0.340 e. The molecule has 4 nitrogen and oxygen atoms in total. The van der Waals surface area contributed by atoms with Crippen LogP contribution in [0, 0.1) is 5.41 Å².